The SMILES string of the molecule is CCC1C[C@H](NC(=O)[C@@H]2C[C@H]2CN2C(=N)NC(C)(C)CC2=O)c2ccccc2O1. The summed E-state index contributed by atoms with van der Waals surface area (Å²) in [7, 11) is 0. The van der Waals surface area contributed by atoms with Gasteiger partial charge in [0.25, 0.3) is 0 Å². The quantitative estimate of drug-likeness (QED) is 0.710. The van der Waals surface area contributed by atoms with Crippen molar-refractivity contribution in [3.63, 3.8) is 0 Å². The van der Waals surface area contributed by atoms with Crippen LogP contribution in [0.5, 0.6) is 5.75 Å². The molecule has 0 radical (unpaired) electrons. The van der Waals surface area contributed by atoms with Crippen LogP contribution in [0.4, 0.5) is 0 Å². The third-order valence-electron chi connectivity index (χ3n) is 6.16. The minimum Gasteiger partial charge on any atom is -0.490 e. The van der Waals surface area contributed by atoms with Crippen molar-refractivity contribution in [3.05, 3.63) is 29.8 Å². The average molecular weight is 399 g/mol. The highest BCUT2D eigenvalue weighted by atomic mass is 16.5. The molecule has 4 rings (SSSR count). The maximum atomic E-state index is 12.9. The van der Waals surface area contributed by atoms with Crippen LogP contribution < -0.4 is 15.4 Å². The van der Waals surface area contributed by atoms with Gasteiger partial charge >= 0.3 is 0 Å². The van der Waals surface area contributed by atoms with E-state index in [0.29, 0.717) is 13.0 Å². The van der Waals surface area contributed by atoms with E-state index in [9.17, 15) is 9.59 Å². The number of benzene rings is 1. The fourth-order valence-electron chi connectivity index (χ4n) is 4.39. The fraction of sp³-hybridized carbons (Fsp3) is 0.591. The molecule has 3 N–H and O–H groups in total. The van der Waals surface area contributed by atoms with Gasteiger partial charge < -0.3 is 15.4 Å². The number of hydrogen-bond acceptors (Lipinski definition) is 4. The third kappa shape index (κ3) is 4.09. The smallest absolute Gasteiger partial charge is 0.231 e. The molecule has 2 heterocycles. The molecule has 1 saturated heterocycles. The predicted molar refractivity (Wildman–Crippen MR) is 110 cm³/mol. The zero-order valence-corrected chi connectivity index (χ0v) is 17.3. The second kappa shape index (κ2) is 7.35. The Morgan fingerprint density at radius 2 is 2.10 bits per heavy atom. The molecule has 7 heteroatoms. The number of guanidine groups is 1. The van der Waals surface area contributed by atoms with E-state index in [1.165, 1.54) is 4.90 Å². The molecule has 2 aliphatic heterocycles. The summed E-state index contributed by atoms with van der Waals surface area (Å²) in [6.45, 7) is 6.36. The monoisotopic (exact) mass is 398 g/mol. The van der Waals surface area contributed by atoms with E-state index in [0.717, 1.165) is 30.6 Å². The van der Waals surface area contributed by atoms with E-state index in [1.807, 2.05) is 38.1 Å². The lowest BCUT2D eigenvalue weighted by molar-refractivity contribution is -0.131. The lowest BCUT2D eigenvalue weighted by atomic mass is 9.95. The summed E-state index contributed by atoms with van der Waals surface area (Å²) in [5.74, 6) is 0.996. The van der Waals surface area contributed by atoms with Crippen LogP contribution in [0.1, 0.15) is 58.1 Å². The maximum absolute atomic E-state index is 12.9. The van der Waals surface area contributed by atoms with Gasteiger partial charge in [0.2, 0.25) is 11.8 Å². The number of nitrogens with zero attached hydrogens (tertiary/aromatic N) is 1. The first-order chi connectivity index (χ1) is 13.8. The minimum absolute atomic E-state index is 0.0378. The van der Waals surface area contributed by atoms with Crippen LogP contribution in [0, 0.1) is 17.2 Å². The first-order valence-electron chi connectivity index (χ1n) is 10.5. The van der Waals surface area contributed by atoms with Crippen LogP contribution in [0.3, 0.4) is 0 Å². The molecule has 29 heavy (non-hydrogen) atoms. The molecular weight excluding hydrogens is 368 g/mol. The summed E-state index contributed by atoms with van der Waals surface area (Å²) in [5.41, 5.74) is 0.638. The fourth-order valence-corrected chi connectivity index (χ4v) is 4.39. The van der Waals surface area contributed by atoms with Gasteiger partial charge in [-0.05, 0) is 38.7 Å². The number of ether oxygens (including phenoxy) is 1. The highest BCUT2D eigenvalue weighted by molar-refractivity contribution is 5.99. The largest absolute Gasteiger partial charge is 0.490 e. The van der Waals surface area contributed by atoms with Crippen LogP contribution >= 0.6 is 0 Å². The molecule has 7 nitrogen and oxygen atoms in total. The Hall–Kier alpha value is -2.57. The highest BCUT2D eigenvalue weighted by Gasteiger charge is 2.47. The van der Waals surface area contributed by atoms with Gasteiger partial charge in [-0.25, -0.2) is 0 Å². The Kier molecular flexibility index (Phi) is 5.00. The van der Waals surface area contributed by atoms with Gasteiger partial charge in [-0.1, -0.05) is 25.1 Å². The van der Waals surface area contributed by atoms with Gasteiger partial charge in [-0.15, -0.1) is 0 Å². The van der Waals surface area contributed by atoms with Crippen LogP contribution in [-0.4, -0.2) is 40.9 Å². The predicted octanol–water partition coefficient (Wildman–Crippen LogP) is 2.58. The number of amides is 2. The molecule has 0 aromatic heterocycles. The summed E-state index contributed by atoms with van der Waals surface area (Å²) in [5, 5.41) is 14.4. The molecule has 1 saturated carbocycles. The van der Waals surface area contributed by atoms with Crippen molar-refractivity contribution in [1.82, 2.24) is 15.5 Å². The summed E-state index contributed by atoms with van der Waals surface area (Å²) >= 11 is 0. The van der Waals surface area contributed by atoms with E-state index in [1.54, 1.807) is 0 Å². The van der Waals surface area contributed by atoms with E-state index in [-0.39, 0.29) is 41.8 Å². The second-order valence-electron chi connectivity index (χ2n) is 9.12. The maximum Gasteiger partial charge on any atom is 0.231 e. The molecule has 1 unspecified atom stereocenters. The molecule has 3 aliphatic rings. The molecule has 0 spiro atoms. The molecule has 0 bridgehead atoms. The Labute approximate surface area is 171 Å². The molecule has 2 fully saturated rings. The Balaban J connectivity index is 1.36. The number of nitrogens with one attached hydrogen (secondary N) is 3. The van der Waals surface area contributed by atoms with Crippen molar-refractivity contribution in [2.24, 2.45) is 11.8 Å². The standard InChI is InChI=1S/C22H30N4O3/c1-4-14-10-17(15-7-5-6-8-18(15)29-14)24-20(28)16-9-13(16)12-26-19(27)11-22(2,3)25-21(26)23/h5-8,13-14,16-17H,4,9-12H2,1-3H3,(H2,23,25)(H,24,28)/t13-,14?,16+,17-/m0/s1. The van der Waals surface area contributed by atoms with E-state index in [4.69, 9.17) is 10.1 Å². The van der Waals surface area contributed by atoms with Gasteiger partial charge in [0, 0.05) is 36.4 Å². The number of carbonyl (C=O) groups excluding carboxylic acids is 2. The zero-order valence-electron chi connectivity index (χ0n) is 17.3. The number of fused-ring (bicyclic) bond motifs is 1. The number of para-hydroxylation sites is 1. The Morgan fingerprint density at radius 1 is 1.34 bits per heavy atom. The topological polar surface area (TPSA) is 94.5 Å². The summed E-state index contributed by atoms with van der Waals surface area (Å²) in [6, 6.07) is 7.84. The normalized spacial score (nSPS) is 30.1. The molecule has 2 amide bonds. The number of hydrogen-bond donors (Lipinski definition) is 3. The van der Waals surface area contributed by atoms with Crippen LogP contribution in [0.2, 0.25) is 0 Å². The highest BCUT2D eigenvalue weighted by Crippen LogP contribution is 2.42. The summed E-state index contributed by atoms with van der Waals surface area (Å²) in [6.07, 6.45) is 2.89. The van der Waals surface area contributed by atoms with Gasteiger partial charge in [0.1, 0.15) is 11.9 Å². The van der Waals surface area contributed by atoms with E-state index in [2.05, 4.69) is 17.6 Å². The second-order valence-corrected chi connectivity index (χ2v) is 9.12. The molecule has 1 aliphatic carbocycles. The molecule has 1 aromatic carbocycles. The molecule has 4 atom stereocenters. The van der Waals surface area contributed by atoms with Crippen LogP contribution in [0.15, 0.2) is 24.3 Å². The lowest BCUT2D eigenvalue weighted by Gasteiger charge is -2.38. The number of carbonyl (C=O) groups is 2. The summed E-state index contributed by atoms with van der Waals surface area (Å²) in [4.78, 5) is 26.8. The lowest BCUT2D eigenvalue weighted by Crippen LogP contribution is -2.60. The average Bonchev–Trinajstić information content (AvgIpc) is 3.43. The molecule has 1 aromatic rings. The minimum atomic E-state index is -0.392. The van der Waals surface area contributed by atoms with Crippen LogP contribution in [-0.2, 0) is 9.59 Å². The van der Waals surface area contributed by atoms with Crippen molar-refractivity contribution in [3.8, 4) is 5.75 Å². The van der Waals surface area contributed by atoms with Crippen molar-refractivity contribution < 1.29 is 14.3 Å². The molecular formula is C22H30N4O3. The Morgan fingerprint density at radius 3 is 2.83 bits per heavy atom. The van der Waals surface area contributed by atoms with Crippen molar-refractivity contribution >= 4 is 17.8 Å². The van der Waals surface area contributed by atoms with E-state index >= 15 is 0 Å². The first kappa shape index (κ1) is 19.7. The van der Waals surface area contributed by atoms with E-state index < -0.39 is 5.54 Å². The Bertz CT molecular complexity index is 817. The summed E-state index contributed by atoms with van der Waals surface area (Å²) < 4.78 is 6.01. The van der Waals surface area contributed by atoms with Gasteiger partial charge in [0.15, 0.2) is 5.96 Å². The zero-order chi connectivity index (χ0) is 20.8. The number of rotatable bonds is 5. The van der Waals surface area contributed by atoms with Crippen molar-refractivity contribution in [2.45, 2.75) is 64.1 Å². The van der Waals surface area contributed by atoms with Crippen molar-refractivity contribution in [2.75, 3.05) is 6.54 Å². The van der Waals surface area contributed by atoms with Gasteiger partial charge in [-0.3, -0.25) is 19.9 Å². The third-order valence-corrected chi connectivity index (χ3v) is 6.16. The molecule has 156 valence electrons. The van der Waals surface area contributed by atoms with Gasteiger partial charge in [-0.2, -0.15) is 0 Å². The van der Waals surface area contributed by atoms with Crippen LogP contribution in [0.25, 0.3) is 0 Å². The first-order valence-corrected chi connectivity index (χ1v) is 10.5. The van der Waals surface area contributed by atoms with Crippen molar-refractivity contribution in [1.29, 1.82) is 5.41 Å². The van der Waals surface area contributed by atoms with Gasteiger partial charge in [0.05, 0.1) is 6.04 Å².